The Morgan fingerprint density at radius 1 is 1.23 bits per heavy atom. The molecule has 0 spiro atoms. The van der Waals surface area contributed by atoms with Crippen molar-refractivity contribution < 1.29 is 22.3 Å². The number of carbonyl (C=O) groups excluding carboxylic acids is 1. The molecule has 0 amide bonds. The van der Waals surface area contributed by atoms with E-state index in [1.807, 2.05) is 19.9 Å². The second kappa shape index (κ2) is 9.13. The van der Waals surface area contributed by atoms with E-state index in [0.29, 0.717) is 28.9 Å². The van der Waals surface area contributed by atoms with Crippen LogP contribution in [0, 0.1) is 5.82 Å². The number of sulfonamides is 1. The number of nitrogens with zero attached hydrogens (tertiary/aromatic N) is 3. The van der Waals surface area contributed by atoms with Crippen LogP contribution < -0.4 is 4.31 Å². The van der Waals surface area contributed by atoms with Crippen LogP contribution in [0.15, 0.2) is 30.3 Å². The first kappa shape index (κ1) is 22.9. The van der Waals surface area contributed by atoms with Crippen LogP contribution in [0.25, 0.3) is 17.3 Å². The highest BCUT2D eigenvalue weighted by Crippen LogP contribution is 2.32. The number of aromatic nitrogens is 2. The standard InChI is InChI=1S/C22H26FN3O4S/c1-14(2)20-18(13-12-17-6-5-7-19(27)30-17)21(15-8-10-16(23)11-9-15)25-22(24-20)26(3)31(4,28)29/h8-14,17H,5-7H2,1-4H3/b13-12+. The summed E-state index contributed by atoms with van der Waals surface area (Å²) < 4.78 is 44.1. The molecule has 1 fully saturated rings. The van der Waals surface area contributed by atoms with Crippen molar-refractivity contribution in [3.63, 3.8) is 0 Å². The number of benzene rings is 1. The lowest BCUT2D eigenvalue weighted by Gasteiger charge is -2.21. The van der Waals surface area contributed by atoms with Crippen molar-refractivity contribution in [3.05, 3.63) is 47.4 Å². The van der Waals surface area contributed by atoms with E-state index in [4.69, 9.17) is 4.74 Å². The van der Waals surface area contributed by atoms with Gasteiger partial charge in [-0.05, 0) is 49.1 Å². The van der Waals surface area contributed by atoms with Crippen molar-refractivity contribution in [2.45, 2.75) is 45.1 Å². The van der Waals surface area contributed by atoms with Gasteiger partial charge in [-0.2, -0.15) is 0 Å². The van der Waals surface area contributed by atoms with Crippen LogP contribution in [0.5, 0.6) is 0 Å². The Labute approximate surface area is 182 Å². The molecule has 9 heteroatoms. The maximum absolute atomic E-state index is 13.5. The molecule has 31 heavy (non-hydrogen) atoms. The average Bonchev–Trinajstić information content (AvgIpc) is 2.71. The van der Waals surface area contributed by atoms with E-state index in [1.54, 1.807) is 18.2 Å². The lowest BCUT2D eigenvalue weighted by molar-refractivity contribution is -0.150. The Hall–Kier alpha value is -2.81. The lowest BCUT2D eigenvalue weighted by Crippen LogP contribution is -2.27. The van der Waals surface area contributed by atoms with Gasteiger partial charge in [0.15, 0.2) is 0 Å². The lowest BCUT2D eigenvalue weighted by atomic mass is 9.97. The van der Waals surface area contributed by atoms with Crippen molar-refractivity contribution in [1.29, 1.82) is 0 Å². The highest BCUT2D eigenvalue weighted by Gasteiger charge is 2.23. The Bertz CT molecular complexity index is 1100. The van der Waals surface area contributed by atoms with Gasteiger partial charge in [0.1, 0.15) is 11.9 Å². The molecule has 2 heterocycles. The minimum atomic E-state index is -3.58. The first-order valence-electron chi connectivity index (χ1n) is 10.1. The predicted octanol–water partition coefficient (Wildman–Crippen LogP) is 3.91. The van der Waals surface area contributed by atoms with Crippen LogP contribution >= 0.6 is 0 Å². The topological polar surface area (TPSA) is 89.5 Å². The van der Waals surface area contributed by atoms with Gasteiger partial charge in [0, 0.05) is 24.6 Å². The molecule has 0 saturated carbocycles. The third-order valence-electron chi connectivity index (χ3n) is 5.04. The van der Waals surface area contributed by atoms with Gasteiger partial charge in [0.25, 0.3) is 0 Å². The summed E-state index contributed by atoms with van der Waals surface area (Å²) in [6, 6.07) is 5.82. The molecule has 1 aliphatic rings. The van der Waals surface area contributed by atoms with Crippen molar-refractivity contribution in [2.24, 2.45) is 0 Å². The van der Waals surface area contributed by atoms with Gasteiger partial charge in [0.2, 0.25) is 16.0 Å². The molecule has 3 rings (SSSR count). The number of cyclic esters (lactones) is 1. The molecule has 1 aliphatic heterocycles. The van der Waals surface area contributed by atoms with Crippen LogP contribution in [-0.4, -0.2) is 43.8 Å². The summed E-state index contributed by atoms with van der Waals surface area (Å²) >= 11 is 0. The van der Waals surface area contributed by atoms with Gasteiger partial charge in [0.05, 0.1) is 17.6 Å². The summed E-state index contributed by atoms with van der Waals surface area (Å²) in [5.74, 6) is -0.638. The average molecular weight is 448 g/mol. The predicted molar refractivity (Wildman–Crippen MR) is 118 cm³/mol. The maximum atomic E-state index is 13.5. The third-order valence-corrected chi connectivity index (χ3v) is 6.20. The Balaban J connectivity index is 2.18. The zero-order valence-corrected chi connectivity index (χ0v) is 18.8. The van der Waals surface area contributed by atoms with Crippen LogP contribution in [0.1, 0.15) is 50.3 Å². The molecular weight excluding hydrogens is 421 g/mol. The second-order valence-corrected chi connectivity index (χ2v) is 9.86. The first-order chi connectivity index (χ1) is 14.6. The first-order valence-corrected chi connectivity index (χ1v) is 11.9. The van der Waals surface area contributed by atoms with E-state index in [9.17, 15) is 17.6 Å². The Morgan fingerprint density at radius 2 is 1.90 bits per heavy atom. The SMILES string of the molecule is CC(C)c1nc(N(C)S(C)(=O)=O)nc(-c2ccc(F)cc2)c1/C=C/C1CCCC(=O)O1. The van der Waals surface area contributed by atoms with E-state index >= 15 is 0 Å². The monoisotopic (exact) mass is 447 g/mol. The van der Waals surface area contributed by atoms with Crippen LogP contribution in [0.2, 0.25) is 0 Å². The van der Waals surface area contributed by atoms with Crippen molar-refractivity contribution in [3.8, 4) is 11.3 Å². The van der Waals surface area contributed by atoms with E-state index < -0.39 is 10.0 Å². The molecule has 1 aromatic heterocycles. The van der Waals surface area contributed by atoms with Gasteiger partial charge in [-0.1, -0.05) is 19.9 Å². The number of hydrogen-bond donors (Lipinski definition) is 0. The summed E-state index contributed by atoms with van der Waals surface area (Å²) in [4.78, 5) is 20.7. The highest BCUT2D eigenvalue weighted by molar-refractivity contribution is 7.92. The molecule has 166 valence electrons. The number of rotatable bonds is 6. The number of halogens is 1. The van der Waals surface area contributed by atoms with Gasteiger partial charge < -0.3 is 4.74 Å². The normalized spacial score (nSPS) is 17.2. The molecule has 1 aromatic carbocycles. The molecule has 1 atom stereocenters. The number of carbonyl (C=O) groups is 1. The number of ether oxygens (including phenoxy) is 1. The molecular formula is C22H26FN3O4S. The van der Waals surface area contributed by atoms with Crippen LogP contribution in [-0.2, 0) is 19.6 Å². The molecule has 7 nitrogen and oxygen atoms in total. The Morgan fingerprint density at radius 3 is 2.48 bits per heavy atom. The maximum Gasteiger partial charge on any atom is 0.306 e. The quantitative estimate of drug-likeness (QED) is 0.624. The molecule has 0 aliphatic carbocycles. The number of anilines is 1. The fourth-order valence-corrected chi connectivity index (χ4v) is 3.65. The van der Waals surface area contributed by atoms with Gasteiger partial charge in [-0.25, -0.2) is 27.1 Å². The number of esters is 1. The van der Waals surface area contributed by atoms with Crippen LogP contribution in [0.3, 0.4) is 0 Å². The van der Waals surface area contributed by atoms with E-state index in [-0.39, 0.29) is 29.8 Å². The minimum Gasteiger partial charge on any atom is -0.458 e. The summed E-state index contributed by atoms with van der Waals surface area (Å²) in [7, 11) is -2.19. The third kappa shape index (κ3) is 5.46. The van der Waals surface area contributed by atoms with E-state index in [1.165, 1.54) is 19.2 Å². The summed E-state index contributed by atoms with van der Waals surface area (Å²) in [5.41, 5.74) is 2.41. The zero-order chi connectivity index (χ0) is 22.8. The zero-order valence-electron chi connectivity index (χ0n) is 18.0. The van der Waals surface area contributed by atoms with Gasteiger partial charge >= 0.3 is 5.97 Å². The van der Waals surface area contributed by atoms with Crippen molar-refractivity contribution in [1.82, 2.24) is 9.97 Å². The summed E-state index contributed by atoms with van der Waals surface area (Å²) in [5, 5.41) is 0. The van der Waals surface area contributed by atoms with Gasteiger partial charge in [-0.15, -0.1) is 0 Å². The largest absolute Gasteiger partial charge is 0.458 e. The fourth-order valence-electron chi connectivity index (χ4n) is 3.27. The molecule has 0 bridgehead atoms. The van der Waals surface area contributed by atoms with Gasteiger partial charge in [-0.3, -0.25) is 4.79 Å². The fraction of sp³-hybridized carbons (Fsp3) is 0.409. The molecule has 1 saturated heterocycles. The minimum absolute atomic E-state index is 0.0340. The highest BCUT2D eigenvalue weighted by atomic mass is 32.2. The van der Waals surface area contributed by atoms with Crippen molar-refractivity contribution in [2.75, 3.05) is 17.6 Å². The second-order valence-electron chi connectivity index (χ2n) is 7.84. The Kier molecular flexibility index (Phi) is 6.74. The van der Waals surface area contributed by atoms with E-state index in [0.717, 1.165) is 23.4 Å². The van der Waals surface area contributed by atoms with Crippen LogP contribution in [0.4, 0.5) is 10.3 Å². The number of hydrogen-bond acceptors (Lipinski definition) is 6. The molecule has 1 unspecified atom stereocenters. The summed E-state index contributed by atoms with van der Waals surface area (Å²) in [6.45, 7) is 3.89. The van der Waals surface area contributed by atoms with Crippen molar-refractivity contribution >= 4 is 28.0 Å². The molecule has 0 radical (unpaired) electrons. The molecule has 0 N–H and O–H groups in total. The summed E-state index contributed by atoms with van der Waals surface area (Å²) in [6.07, 6.45) is 6.23. The smallest absolute Gasteiger partial charge is 0.306 e. The van der Waals surface area contributed by atoms with E-state index in [2.05, 4.69) is 9.97 Å². The molecule has 2 aromatic rings.